The summed E-state index contributed by atoms with van der Waals surface area (Å²) in [4.78, 5) is 15.1. The fourth-order valence-corrected chi connectivity index (χ4v) is 2.87. The molecule has 0 bridgehead atoms. The monoisotopic (exact) mass is 298 g/mol. The highest BCUT2D eigenvalue weighted by Crippen LogP contribution is 2.26. The van der Waals surface area contributed by atoms with Gasteiger partial charge in [0.15, 0.2) is 0 Å². The molecule has 1 saturated heterocycles. The minimum atomic E-state index is 0.0349. The molecule has 114 valence electrons. The fraction of sp³-hybridized carbons (Fsp3) is 0.400. The van der Waals surface area contributed by atoms with E-state index in [9.17, 15) is 0 Å². The third-order valence-electron chi connectivity index (χ3n) is 3.98. The highest BCUT2D eigenvalue weighted by molar-refractivity contribution is 5.19. The Morgan fingerprint density at radius 1 is 1.27 bits per heavy atom. The number of hydrazine groups is 1. The minimum absolute atomic E-state index is 0.0349. The lowest BCUT2D eigenvalue weighted by molar-refractivity contribution is 0.136. The topological polar surface area (TPSA) is 70.3 Å². The van der Waals surface area contributed by atoms with Gasteiger partial charge in [-0.3, -0.25) is 4.90 Å². The number of oxazole rings is 1. The Labute approximate surface area is 128 Å². The van der Waals surface area contributed by atoms with E-state index in [4.69, 9.17) is 4.42 Å². The van der Waals surface area contributed by atoms with E-state index >= 15 is 0 Å². The van der Waals surface area contributed by atoms with Crippen molar-refractivity contribution >= 4 is 0 Å². The fourth-order valence-electron chi connectivity index (χ4n) is 2.87. The lowest BCUT2D eigenvalue weighted by Gasteiger charge is -2.35. The second-order valence-electron chi connectivity index (χ2n) is 5.64. The Morgan fingerprint density at radius 3 is 2.91 bits per heavy atom. The third kappa shape index (κ3) is 2.60. The van der Waals surface area contributed by atoms with Crippen LogP contribution < -0.4 is 5.43 Å². The molecular weight excluding hydrogens is 280 g/mol. The summed E-state index contributed by atoms with van der Waals surface area (Å²) in [7, 11) is 0. The molecule has 4 rings (SSSR count). The molecule has 2 aliphatic rings. The molecule has 0 aliphatic carbocycles. The van der Waals surface area contributed by atoms with Crippen LogP contribution in [0, 0.1) is 6.92 Å². The van der Waals surface area contributed by atoms with Gasteiger partial charge in [-0.1, -0.05) is 0 Å². The molecule has 2 aromatic rings. The van der Waals surface area contributed by atoms with Crippen LogP contribution in [0.25, 0.3) is 0 Å². The van der Waals surface area contributed by atoms with E-state index < -0.39 is 0 Å². The zero-order valence-electron chi connectivity index (χ0n) is 12.4. The number of hydrogen-bond donors (Lipinski definition) is 1. The standard InChI is InChI=1S/C15H18N6O/c1-11-17-7-12(8-18-11)9-20-3-4-21-13(10-20)6-14(19-21)15-16-2-5-22-15/h2,5-8,14,19H,3-4,9-10H2,1H3. The first-order chi connectivity index (χ1) is 10.8. The second kappa shape index (κ2) is 5.51. The summed E-state index contributed by atoms with van der Waals surface area (Å²) in [5.41, 5.74) is 5.83. The first kappa shape index (κ1) is 13.4. The van der Waals surface area contributed by atoms with Gasteiger partial charge in [0, 0.05) is 49.8 Å². The molecular formula is C15H18N6O. The Morgan fingerprint density at radius 2 is 2.14 bits per heavy atom. The average molecular weight is 298 g/mol. The Hall–Kier alpha value is -2.25. The number of fused-ring (bicyclic) bond motifs is 1. The summed E-state index contributed by atoms with van der Waals surface area (Å²) in [5.74, 6) is 1.52. The van der Waals surface area contributed by atoms with E-state index in [1.807, 2.05) is 19.3 Å². The highest BCUT2D eigenvalue weighted by atomic mass is 16.3. The smallest absolute Gasteiger partial charge is 0.216 e. The van der Waals surface area contributed by atoms with E-state index in [-0.39, 0.29) is 6.04 Å². The van der Waals surface area contributed by atoms with E-state index in [1.165, 1.54) is 5.70 Å². The molecule has 0 spiro atoms. The molecule has 0 radical (unpaired) electrons. The molecule has 1 unspecified atom stereocenters. The van der Waals surface area contributed by atoms with Gasteiger partial charge in [0.05, 0.1) is 6.20 Å². The Balaban J connectivity index is 1.44. The largest absolute Gasteiger partial charge is 0.447 e. The number of hydrogen-bond acceptors (Lipinski definition) is 7. The average Bonchev–Trinajstić information content (AvgIpc) is 3.17. The van der Waals surface area contributed by atoms with Gasteiger partial charge in [-0.2, -0.15) is 0 Å². The molecule has 1 fully saturated rings. The number of aromatic nitrogens is 3. The molecule has 0 amide bonds. The normalized spacial score (nSPS) is 21.8. The summed E-state index contributed by atoms with van der Waals surface area (Å²) in [6.45, 7) is 5.61. The first-order valence-corrected chi connectivity index (χ1v) is 7.41. The van der Waals surface area contributed by atoms with Crippen LogP contribution in [0.2, 0.25) is 0 Å². The van der Waals surface area contributed by atoms with Crippen molar-refractivity contribution in [2.75, 3.05) is 19.6 Å². The van der Waals surface area contributed by atoms with Crippen LogP contribution in [-0.4, -0.2) is 44.5 Å². The van der Waals surface area contributed by atoms with Crippen molar-refractivity contribution < 1.29 is 4.42 Å². The predicted molar refractivity (Wildman–Crippen MR) is 79.2 cm³/mol. The molecule has 4 heterocycles. The van der Waals surface area contributed by atoms with Crippen LogP contribution in [0.1, 0.15) is 23.3 Å². The predicted octanol–water partition coefficient (Wildman–Crippen LogP) is 1.03. The molecule has 1 atom stereocenters. The first-order valence-electron chi connectivity index (χ1n) is 7.41. The number of nitrogens with zero attached hydrogens (tertiary/aromatic N) is 5. The molecule has 7 heteroatoms. The van der Waals surface area contributed by atoms with Crippen molar-refractivity contribution in [1.29, 1.82) is 0 Å². The Bertz CT molecular complexity index is 666. The SMILES string of the molecule is Cc1ncc(CN2CCN3NC(c4ncco4)C=C3C2)cn1. The van der Waals surface area contributed by atoms with Crippen molar-refractivity contribution in [3.63, 3.8) is 0 Å². The lowest BCUT2D eigenvalue weighted by Crippen LogP contribution is -2.47. The third-order valence-corrected chi connectivity index (χ3v) is 3.98. The van der Waals surface area contributed by atoms with Gasteiger partial charge in [-0.15, -0.1) is 0 Å². The Kier molecular flexibility index (Phi) is 3.36. The van der Waals surface area contributed by atoms with Gasteiger partial charge in [-0.05, 0) is 13.0 Å². The van der Waals surface area contributed by atoms with Gasteiger partial charge >= 0.3 is 0 Å². The van der Waals surface area contributed by atoms with Crippen molar-refractivity contribution in [2.24, 2.45) is 0 Å². The van der Waals surface area contributed by atoms with E-state index in [1.54, 1.807) is 12.5 Å². The summed E-state index contributed by atoms with van der Waals surface area (Å²) < 4.78 is 5.38. The van der Waals surface area contributed by atoms with Crippen LogP contribution in [0.4, 0.5) is 0 Å². The van der Waals surface area contributed by atoms with Gasteiger partial charge in [0.2, 0.25) is 5.89 Å². The van der Waals surface area contributed by atoms with Crippen LogP contribution in [0.15, 0.2) is 41.0 Å². The summed E-state index contributed by atoms with van der Waals surface area (Å²) >= 11 is 0. The minimum Gasteiger partial charge on any atom is -0.447 e. The van der Waals surface area contributed by atoms with Gasteiger partial charge in [-0.25, -0.2) is 20.4 Å². The van der Waals surface area contributed by atoms with E-state index in [2.05, 4.69) is 36.4 Å². The highest BCUT2D eigenvalue weighted by Gasteiger charge is 2.30. The van der Waals surface area contributed by atoms with Crippen molar-refractivity contribution in [1.82, 2.24) is 30.3 Å². The maximum atomic E-state index is 5.38. The summed E-state index contributed by atoms with van der Waals surface area (Å²) in [6.07, 6.45) is 9.29. The van der Waals surface area contributed by atoms with Crippen molar-refractivity contribution in [3.8, 4) is 0 Å². The number of aryl methyl sites for hydroxylation is 1. The quantitative estimate of drug-likeness (QED) is 0.907. The van der Waals surface area contributed by atoms with Crippen LogP contribution >= 0.6 is 0 Å². The van der Waals surface area contributed by atoms with Crippen molar-refractivity contribution in [2.45, 2.75) is 19.5 Å². The maximum Gasteiger partial charge on any atom is 0.216 e. The summed E-state index contributed by atoms with van der Waals surface area (Å²) in [5, 5.41) is 2.19. The molecule has 0 aromatic carbocycles. The molecule has 22 heavy (non-hydrogen) atoms. The van der Waals surface area contributed by atoms with Crippen LogP contribution in [0.3, 0.4) is 0 Å². The second-order valence-corrected chi connectivity index (χ2v) is 5.64. The van der Waals surface area contributed by atoms with Crippen LogP contribution in [-0.2, 0) is 6.54 Å². The number of piperazine rings is 1. The van der Waals surface area contributed by atoms with Gasteiger partial charge < -0.3 is 9.43 Å². The van der Waals surface area contributed by atoms with Gasteiger partial charge in [0.1, 0.15) is 18.1 Å². The molecule has 1 N–H and O–H groups in total. The van der Waals surface area contributed by atoms with Crippen LogP contribution in [0.5, 0.6) is 0 Å². The van der Waals surface area contributed by atoms with Crippen molar-refractivity contribution in [3.05, 3.63) is 53.9 Å². The summed E-state index contributed by atoms with van der Waals surface area (Å²) in [6, 6.07) is 0.0349. The zero-order valence-corrected chi connectivity index (χ0v) is 12.4. The van der Waals surface area contributed by atoms with E-state index in [0.717, 1.165) is 37.6 Å². The molecule has 7 nitrogen and oxygen atoms in total. The number of nitrogens with one attached hydrogen (secondary N) is 1. The molecule has 2 aliphatic heterocycles. The lowest BCUT2D eigenvalue weighted by atomic mass is 10.2. The zero-order chi connectivity index (χ0) is 14.9. The number of rotatable bonds is 3. The van der Waals surface area contributed by atoms with Gasteiger partial charge in [0.25, 0.3) is 0 Å². The van der Waals surface area contributed by atoms with E-state index in [0.29, 0.717) is 5.89 Å². The molecule has 2 aromatic heterocycles. The maximum absolute atomic E-state index is 5.38. The molecule has 0 saturated carbocycles.